The Balaban J connectivity index is 4.40. The molecule has 0 saturated carbocycles. The van der Waals surface area contributed by atoms with Gasteiger partial charge < -0.3 is 14.2 Å². The van der Waals surface area contributed by atoms with Crippen molar-refractivity contribution in [3.8, 4) is 0 Å². The van der Waals surface area contributed by atoms with Crippen molar-refractivity contribution < 1.29 is 28.6 Å². The maximum Gasteiger partial charge on any atom is 0.306 e. The first-order valence-electron chi connectivity index (χ1n) is 30.6. The fourth-order valence-corrected chi connectivity index (χ4v) is 8.63. The number of esters is 3. The summed E-state index contributed by atoms with van der Waals surface area (Å²) in [6, 6.07) is 0. The van der Waals surface area contributed by atoms with Crippen LogP contribution in [0, 0.1) is 0 Å². The molecule has 0 saturated heterocycles. The number of carbonyl (C=O) groups is 3. The third-order valence-electron chi connectivity index (χ3n) is 13.1. The predicted molar refractivity (Wildman–Crippen MR) is 311 cm³/mol. The molecule has 0 radical (unpaired) electrons. The van der Waals surface area contributed by atoms with Crippen LogP contribution in [-0.2, 0) is 28.6 Å². The van der Waals surface area contributed by atoms with Crippen molar-refractivity contribution in [3.05, 3.63) is 85.1 Å². The van der Waals surface area contributed by atoms with Crippen molar-refractivity contribution in [2.45, 2.75) is 303 Å². The maximum absolute atomic E-state index is 12.9. The van der Waals surface area contributed by atoms with Gasteiger partial charge in [0.15, 0.2) is 6.10 Å². The zero-order valence-corrected chi connectivity index (χ0v) is 47.4. The third-order valence-corrected chi connectivity index (χ3v) is 13.1. The van der Waals surface area contributed by atoms with E-state index in [9.17, 15) is 14.4 Å². The highest BCUT2D eigenvalue weighted by atomic mass is 16.6. The van der Waals surface area contributed by atoms with Crippen LogP contribution in [-0.4, -0.2) is 37.2 Å². The van der Waals surface area contributed by atoms with Crippen LogP contribution in [0.3, 0.4) is 0 Å². The van der Waals surface area contributed by atoms with Crippen LogP contribution >= 0.6 is 0 Å². The summed E-state index contributed by atoms with van der Waals surface area (Å²) >= 11 is 0. The Morgan fingerprint density at radius 2 is 0.542 bits per heavy atom. The molecule has 0 aliphatic rings. The van der Waals surface area contributed by atoms with Gasteiger partial charge in [-0.15, -0.1) is 0 Å². The number of hydrogen-bond acceptors (Lipinski definition) is 6. The van der Waals surface area contributed by atoms with Crippen LogP contribution in [0.25, 0.3) is 0 Å². The van der Waals surface area contributed by atoms with Gasteiger partial charge in [-0.05, 0) is 89.9 Å². The van der Waals surface area contributed by atoms with Gasteiger partial charge >= 0.3 is 17.9 Å². The number of unbranched alkanes of at least 4 members (excludes halogenated alkanes) is 30. The van der Waals surface area contributed by atoms with Gasteiger partial charge in [-0.3, -0.25) is 14.4 Å². The maximum atomic E-state index is 12.9. The smallest absolute Gasteiger partial charge is 0.306 e. The summed E-state index contributed by atoms with van der Waals surface area (Å²) < 4.78 is 16.9. The molecule has 0 fully saturated rings. The first-order valence-corrected chi connectivity index (χ1v) is 30.6. The molecule has 0 aliphatic carbocycles. The molecule has 0 aliphatic heterocycles. The van der Waals surface area contributed by atoms with Crippen LogP contribution in [0.5, 0.6) is 0 Å². The van der Waals surface area contributed by atoms with Gasteiger partial charge in [0.05, 0.1) is 0 Å². The third kappa shape index (κ3) is 57.5. The van der Waals surface area contributed by atoms with E-state index in [1.54, 1.807) is 0 Å². The summed E-state index contributed by atoms with van der Waals surface area (Å²) in [7, 11) is 0. The van der Waals surface area contributed by atoms with Crippen molar-refractivity contribution in [1.82, 2.24) is 0 Å². The Kier molecular flexibility index (Phi) is 57.3. The summed E-state index contributed by atoms with van der Waals surface area (Å²) in [5.74, 6) is -0.899. The van der Waals surface area contributed by atoms with E-state index in [-0.39, 0.29) is 31.1 Å². The first kappa shape index (κ1) is 68.6. The molecule has 6 heteroatoms. The molecule has 72 heavy (non-hydrogen) atoms. The number of hydrogen-bond donors (Lipinski definition) is 0. The SMILES string of the molecule is CC/C=C\C/C=C\C/C=C\C/C=C\CCCCCCCCC(=O)OCC(COC(=O)CCCCCCCC/C=C\C/C=C\C/C=C\CC)OC(=O)CCCCCCCCCCCCCCCCCCCCC. The van der Waals surface area contributed by atoms with E-state index in [0.717, 1.165) is 116 Å². The molecule has 1 unspecified atom stereocenters. The summed E-state index contributed by atoms with van der Waals surface area (Å²) in [5, 5.41) is 0. The van der Waals surface area contributed by atoms with Gasteiger partial charge in [0.2, 0.25) is 0 Å². The number of rotatable bonds is 55. The summed E-state index contributed by atoms with van der Waals surface area (Å²) in [5.41, 5.74) is 0. The second-order valence-corrected chi connectivity index (χ2v) is 20.2. The second-order valence-electron chi connectivity index (χ2n) is 20.2. The lowest BCUT2D eigenvalue weighted by Crippen LogP contribution is -2.30. The topological polar surface area (TPSA) is 78.9 Å². The predicted octanol–water partition coefficient (Wildman–Crippen LogP) is 20.7. The van der Waals surface area contributed by atoms with Crippen molar-refractivity contribution in [1.29, 1.82) is 0 Å². The number of ether oxygens (including phenoxy) is 3. The molecule has 0 aromatic rings. The standard InChI is InChI=1S/C66H114O6/c1-4-7-10-13-16-19-22-25-28-31-33-35-38-41-44-47-50-53-56-59-65(68)71-62-63(61-70-64(67)58-55-52-49-46-43-40-37-30-27-24-21-18-15-12-9-6-3)72-66(69)60-57-54-51-48-45-42-39-36-34-32-29-26-23-20-17-14-11-8-5-2/h7,9-10,12,16,18-19,21,25,27-28,30,33,35,63H,4-6,8,11,13-15,17,20,22-24,26,29,31-32,34,36-62H2,1-3H3/b10-7-,12-9-,19-16-,21-18-,28-25-,30-27-,35-33-. The van der Waals surface area contributed by atoms with Gasteiger partial charge in [0.1, 0.15) is 13.2 Å². The fourth-order valence-electron chi connectivity index (χ4n) is 8.63. The molecule has 0 aromatic heterocycles. The van der Waals surface area contributed by atoms with E-state index >= 15 is 0 Å². The van der Waals surface area contributed by atoms with Gasteiger partial charge in [-0.25, -0.2) is 0 Å². The average Bonchev–Trinajstić information content (AvgIpc) is 3.38. The first-order chi connectivity index (χ1) is 35.5. The van der Waals surface area contributed by atoms with E-state index in [0.29, 0.717) is 19.3 Å². The van der Waals surface area contributed by atoms with Crippen LogP contribution in [0.2, 0.25) is 0 Å². The minimum atomic E-state index is -0.788. The summed E-state index contributed by atoms with van der Waals surface area (Å²) in [4.78, 5) is 38.3. The van der Waals surface area contributed by atoms with E-state index in [1.165, 1.54) is 141 Å². The molecular formula is C66H114O6. The van der Waals surface area contributed by atoms with Crippen LogP contribution in [0.4, 0.5) is 0 Å². The minimum absolute atomic E-state index is 0.0861. The molecule has 1 atom stereocenters. The van der Waals surface area contributed by atoms with Gasteiger partial charge in [0, 0.05) is 19.3 Å². The quantitative estimate of drug-likeness (QED) is 0.0261. The Morgan fingerprint density at radius 1 is 0.292 bits per heavy atom. The van der Waals surface area contributed by atoms with Crippen molar-refractivity contribution >= 4 is 17.9 Å². The monoisotopic (exact) mass is 1000 g/mol. The molecule has 0 spiro atoms. The lowest BCUT2D eigenvalue weighted by molar-refractivity contribution is -0.167. The summed E-state index contributed by atoms with van der Waals surface area (Å²) in [6.45, 7) is 6.43. The lowest BCUT2D eigenvalue weighted by Gasteiger charge is -2.18. The normalized spacial score (nSPS) is 12.7. The molecule has 0 bridgehead atoms. The molecule has 0 amide bonds. The van der Waals surface area contributed by atoms with Crippen molar-refractivity contribution in [3.63, 3.8) is 0 Å². The molecule has 0 heterocycles. The molecule has 0 aromatic carbocycles. The highest BCUT2D eigenvalue weighted by Crippen LogP contribution is 2.17. The molecule has 0 rings (SSSR count). The van der Waals surface area contributed by atoms with Crippen LogP contribution in [0.15, 0.2) is 85.1 Å². The van der Waals surface area contributed by atoms with E-state index < -0.39 is 6.10 Å². The van der Waals surface area contributed by atoms with Crippen molar-refractivity contribution in [2.24, 2.45) is 0 Å². The highest BCUT2D eigenvalue weighted by molar-refractivity contribution is 5.71. The Morgan fingerprint density at radius 3 is 0.847 bits per heavy atom. The minimum Gasteiger partial charge on any atom is -0.462 e. The molecule has 6 nitrogen and oxygen atoms in total. The molecular weight excluding hydrogens is 889 g/mol. The van der Waals surface area contributed by atoms with Crippen LogP contribution in [0.1, 0.15) is 297 Å². The van der Waals surface area contributed by atoms with Crippen molar-refractivity contribution in [2.75, 3.05) is 13.2 Å². The average molecular weight is 1000 g/mol. The largest absolute Gasteiger partial charge is 0.462 e. The van der Waals surface area contributed by atoms with Gasteiger partial charge in [-0.1, -0.05) is 273 Å². The van der Waals surface area contributed by atoms with Crippen LogP contribution < -0.4 is 0 Å². The fraction of sp³-hybridized carbons (Fsp3) is 0.742. The number of carbonyl (C=O) groups excluding carboxylic acids is 3. The lowest BCUT2D eigenvalue weighted by atomic mass is 10.0. The Hall–Kier alpha value is -3.41. The molecule has 414 valence electrons. The van der Waals surface area contributed by atoms with Gasteiger partial charge in [-0.2, -0.15) is 0 Å². The molecule has 0 N–H and O–H groups in total. The Bertz CT molecular complexity index is 1380. The second kappa shape index (κ2) is 60.1. The Labute approximate surface area is 445 Å². The van der Waals surface area contributed by atoms with E-state index in [4.69, 9.17) is 14.2 Å². The zero-order chi connectivity index (χ0) is 52.2. The van der Waals surface area contributed by atoms with Gasteiger partial charge in [0.25, 0.3) is 0 Å². The summed E-state index contributed by atoms with van der Waals surface area (Å²) in [6.07, 6.45) is 78.6. The highest BCUT2D eigenvalue weighted by Gasteiger charge is 2.19. The number of allylic oxidation sites excluding steroid dienone is 14. The zero-order valence-electron chi connectivity index (χ0n) is 47.4. The van der Waals surface area contributed by atoms with E-state index in [1.807, 2.05) is 0 Å². The van der Waals surface area contributed by atoms with E-state index in [2.05, 4.69) is 106 Å².